The van der Waals surface area contributed by atoms with E-state index in [-0.39, 0.29) is 12.2 Å². The van der Waals surface area contributed by atoms with Gasteiger partial charge in [-0.1, -0.05) is 23.5 Å². The maximum atomic E-state index is 13.3. The second-order valence-corrected chi connectivity index (χ2v) is 7.64. The lowest BCUT2D eigenvalue weighted by molar-refractivity contribution is -0.139. The molecule has 30 heavy (non-hydrogen) atoms. The van der Waals surface area contributed by atoms with Gasteiger partial charge in [0.2, 0.25) is 0 Å². The van der Waals surface area contributed by atoms with E-state index in [0.29, 0.717) is 26.4 Å². The molecule has 2 aromatic heterocycles. The molecule has 1 atom stereocenters. The van der Waals surface area contributed by atoms with Gasteiger partial charge in [0.05, 0.1) is 48.1 Å². The largest absolute Gasteiger partial charge is 0.497 e. The minimum absolute atomic E-state index is 0.227. The summed E-state index contributed by atoms with van der Waals surface area (Å²) in [5, 5.41) is 0. The summed E-state index contributed by atoms with van der Waals surface area (Å²) in [6.45, 7) is 3.74. The summed E-state index contributed by atoms with van der Waals surface area (Å²) in [5.74, 6) is 0.202. The van der Waals surface area contributed by atoms with Crippen molar-refractivity contribution < 1.29 is 18.7 Å². The zero-order valence-electron chi connectivity index (χ0n) is 16.7. The van der Waals surface area contributed by atoms with Crippen LogP contribution in [0.1, 0.15) is 31.0 Å². The quantitative estimate of drug-likeness (QED) is 0.588. The highest BCUT2D eigenvalue weighted by atomic mass is 32.1. The molecule has 0 radical (unpaired) electrons. The number of esters is 1. The van der Waals surface area contributed by atoms with E-state index in [4.69, 9.17) is 13.9 Å². The van der Waals surface area contributed by atoms with Crippen molar-refractivity contribution in [1.82, 2.24) is 4.57 Å². The lowest BCUT2D eigenvalue weighted by atomic mass is 9.96. The van der Waals surface area contributed by atoms with Gasteiger partial charge >= 0.3 is 5.97 Å². The first-order valence-corrected chi connectivity index (χ1v) is 10.2. The number of ether oxygens (including phenoxy) is 2. The second-order valence-electron chi connectivity index (χ2n) is 6.63. The molecule has 1 aromatic carbocycles. The van der Waals surface area contributed by atoms with Crippen LogP contribution in [0.15, 0.2) is 68.3 Å². The number of hydrogen-bond donors (Lipinski definition) is 0. The van der Waals surface area contributed by atoms with Crippen LogP contribution in [0.25, 0.3) is 6.08 Å². The highest BCUT2D eigenvalue weighted by Gasteiger charge is 2.33. The Labute approximate surface area is 176 Å². The summed E-state index contributed by atoms with van der Waals surface area (Å²) in [4.78, 5) is 31.2. The Balaban J connectivity index is 1.95. The van der Waals surface area contributed by atoms with Crippen LogP contribution in [0.2, 0.25) is 0 Å². The van der Waals surface area contributed by atoms with E-state index in [1.165, 1.54) is 11.3 Å². The number of aromatic nitrogens is 1. The molecular weight excluding hydrogens is 404 g/mol. The van der Waals surface area contributed by atoms with Crippen molar-refractivity contribution in [1.29, 1.82) is 0 Å². The number of rotatable bonds is 5. The van der Waals surface area contributed by atoms with Crippen LogP contribution in [0.5, 0.6) is 5.75 Å². The number of carbonyl (C=O) groups is 1. The van der Waals surface area contributed by atoms with Crippen molar-refractivity contribution in [3.8, 4) is 5.75 Å². The Morgan fingerprint density at radius 3 is 2.70 bits per heavy atom. The van der Waals surface area contributed by atoms with E-state index in [1.807, 2.05) is 12.1 Å². The number of nitrogens with zero attached hydrogens (tertiary/aromatic N) is 2. The van der Waals surface area contributed by atoms with Crippen LogP contribution in [0, 0.1) is 0 Å². The predicted octanol–water partition coefficient (Wildman–Crippen LogP) is 2.40. The molecule has 0 N–H and O–H groups in total. The van der Waals surface area contributed by atoms with Gasteiger partial charge in [-0.25, -0.2) is 9.79 Å². The normalized spacial score (nSPS) is 16.2. The van der Waals surface area contributed by atoms with Crippen LogP contribution in [0.3, 0.4) is 0 Å². The van der Waals surface area contributed by atoms with E-state index in [0.717, 1.165) is 11.1 Å². The molecule has 7 nitrogen and oxygen atoms in total. The van der Waals surface area contributed by atoms with E-state index in [9.17, 15) is 9.59 Å². The molecule has 0 amide bonds. The lowest BCUT2D eigenvalue weighted by Crippen LogP contribution is -2.39. The molecule has 1 aliphatic heterocycles. The molecule has 0 saturated heterocycles. The zero-order chi connectivity index (χ0) is 21.3. The predicted molar refractivity (Wildman–Crippen MR) is 112 cm³/mol. The number of furan rings is 1. The molecular formula is C22H20N2O5S. The fourth-order valence-electron chi connectivity index (χ4n) is 3.40. The fourth-order valence-corrected chi connectivity index (χ4v) is 4.45. The number of methoxy groups -OCH3 is 1. The topological polar surface area (TPSA) is 83.0 Å². The first-order chi connectivity index (χ1) is 14.5. The van der Waals surface area contributed by atoms with Crippen LogP contribution in [-0.4, -0.2) is 24.3 Å². The monoisotopic (exact) mass is 424 g/mol. The first-order valence-electron chi connectivity index (χ1n) is 9.39. The van der Waals surface area contributed by atoms with Crippen molar-refractivity contribution >= 4 is 23.4 Å². The minimum atomic E-state index is -0.641. The van der Waals surface area contributed by atoms with Gasteiger partial charge in [0.25, 0.3) is 5.56 Å². The maximum Gasteiger partial charge on any atom is 0.338 e. The summed E-state index contributed by atoms with van der Waals surface area (Å²) in [6.07, 6.45) is 4.86. The van der Waals surface area contributed by atoms with Crippen LogP contribution < -0.4 is 19.6 Å². The van der Waals surface area contributed by atoms with Gasteiger partial charge in [-0.2, -0.15) is 0 Å². The Kier molecular flexibility index (Phi) is 5.41. The third kappa shape index (κ3) is 3.50. The van der Waals surface area contributed by atoms with Gasteiger partial charge in [0.1, 0.15) is 5.75 Å². The van der Waals surface area contributed by atoms with Crippen LogP contribution in [0.4, 0.5) is 0 Å². The molecule has 154 valence electrons. The fraction of sp³-hybridized carbons (Fsp3) is 0.227. The van der Waals surface area contributed by atoms with Crippen LogP contribution >= 0.6 is 11.3 Å². The number of hydrogen-bond acceptors (Lipinski definition) is 7. The molecule has 1 aliphatic rings. The van der Waals surface area contributed by atoms with Gasteiger partial charge in [-0.05, 0) is 43.7 Å². The number of thiazole rings is 1. The van der Waals surface area contributed by atoms with Gasteiger partial charge in [0, 0.05) is 5.56 Å². The molecule has 3 heterocycles. The third-order valence-electron chi connectivity index (χ3n) is 4.79. The first kappa shape index (κ1) is 19.9. The maximum absolute atomic E-state index is 13.3. The van der Waals surface area contributed by atoms with E-state index in [1.54, 1.807) is 62.3 Å². The Morgan fingerprint density at radius 1 is 1.30 bits per heavy atom. The average Bonchev–Trinajstić information content (AvgIpc) is 3.36. The highest BCUT2D eigenvalue weighted by Crippen LogP contribution is 2.31. The summed E-state index contributed by atoms with van der Waals surface area (Å²) in [7, 11) is 1.59. The van der Waals surface area contributed by atoms with Crippen molar-refractivity contribution in [2.24, 2.45) is 4.99 Å². The van der Waals surface area contributed by atoms with Crippen molar-refractivity contribution in [2.45, 2.75) is 19.9 Å². The molecule has 0 bridgehead atoms. The number of fused-ring (bicyclic) bond motifs is 1. The minimum Gasteiger partial charge on any atom is -0.497 e. The van der Waals surface area contributed by atoms with Crippen molar-refractivity contribution in [3.05, 3.63) is 84.9 Å². The molecule has 8 heteroatoms. The second kappa shape index (κ2) is 8.16. The zero-order valence-corrected chi connectivity index (χ0v) is 17.6. The van der Waals surface area contributed by atoms with Gasteiger partial charge < -0.3 is 13.9 Å². The Hall–Kier alpha value is -3.39. The van der Waals surface area contributed by atoms with Gasteiger partial charge in [0.15, 0.2) is 4.80 Å². The SMILES string of the molecule is CCOC(=O)C1=C(C)N=c2s/c(=C/c3ccoc3)c(=O)n2[C@H]1c1ccc(OC)cc1. The third-order valence-corrected chi connectivity index (χ3v) is 5.77. The molecule has 3 aromatic rings. The smallest absolute Gasteiger partial charge is 0.338 e. The molecule has 0 fully saturated rings. The standard InChI is InChI=1S/C22H20N2O5S/c1-4-29-21(26)18-13(2)23-22-24(19(18)15-5-7-16(27-3)8-6-15)20(25)17(30-22)11-14-9-10-28-12-14/h5-12,19H,4H2,1-3H3/b17-11+/t19-/m0/s1. The molecule has 0 unspecified atom stereocenters. The summed E-state index contributed by atoms with van der Waals surface area (Å²) in [6, 6.07) is 8.42. The Bertz CT molecular complexity index is 1280. The summed E-state index contributed by atoms with van der Waals surface area (Å²) >= 11 is 1.27. The molecule has 4 rings (SSSR count). The Morgan fingerprint density at radius 2 is 2.07 bits per heavy atom. The van der Waals surface area contributed by atoms with E-state index >= 15 is 0 Å². The number of carbonyl (C=O) groups excluding carboxylic acids is 1. The van der Waals surface area contributed by atoms with E-state index < -0.39 is 12.0 Å². The van der Waals surface area contributed by atoms with Crippen molar-refractivity contribution in [2.75, 3.05) is 13.7 Å². The van der Waals surface area contributed by atoms with Crippen molar-refractivity contribution in [3.63, 3.8) is 0 Å². The van der Waals surface area contributed by atoms with E-state index in [2.05, 4.69) is 4.99 Å². The summed E-state index contributed by atoms with van der Waals surface area (Å²) < 4.78 is 17.7. The number of allylic oxidation sites excluding steroid dienone is 1. The highest BCUT2D eigenvalue weighted by molar-refractivity contribution is 7.07. The molecule has 0 spiro atoms. The average molecular weight is 424 g/mol. The molecule has 0 aliphatic carbocycles. The van der Waals surface area contributed by atoms with Gasteiger partial charge in [-0.3, -0.25) is 9.36 Å². The lowest BCUT2D eigenvalue weighted by Gasteiger charge is -2.24. The van der Waals surface area contributed by atoms with Gasteiger partial charge in [-0.15, -0.1) is 0 Å². The number of benzene rings is 1. The van der Waals surface area contributed by atoms with Crippen LogP contribution in [-0.2, 0) is 9.53 Å². The molecule has 0 saturated carbocycles. The summed E-state index contributed by atoms with van der Waals surface area (Å²) in [5.41, 5.74) is 2.21.